The summed E-state index contributed by atoms with van der Waals surface area (Å²) in [7, 11) is 1.70. The van der Waals surface area contributed by atoms with Crippen molar-refractivity contribution in [2.45, 2.75) is 25.4 Å². The molecule has 21 heavy (non-hydrogen) atoms. The molecule has 5 nitrogen and oxygen atoms in total. The van der Waals surface area contributed by atoms with Crippen molar-refractivity contribution in [3.63, 3.8) is 0 Å². The number of hydrogen-bond acceptors (Lipinski definition) is 3. The Balaban J connectivity index is 1.85. The summed E-state index contributed by atoms with van der Waals surface area (Å²) in [5, 5.41) is 4.01. The van der Waals surface area contributed by atoms with Crippen molar-refractivity contribution in [2.75, 3.05) is 5.73 Å². The van der Waals surface area contributed by atoms with Gasteiger partial charge in [0.2, 0.25) is 0 Å². The lowest BCUT2D eigenvalue weighted by Crippen LogP contribution is -2.34. The zero-order valence-corrected chi connectivity index (χ0v) is 11.8. The predicted octanol–water partition coefficient (Wildman–Crippen LogP) is 1.95. The number of nitrogen functional groups attached to an aromatic ring is 1. The van der Waals surface area contributed by atoms with Crippen molar-refractivity contribution >= 4 is 11.6 Å². The van der Waals surface area contributed by atoms with Crippen LogP contribution in [0.5, 0.6) is 0 Å². The zero-order valence-electron chi connectivity index (χ0n) is 11.8. The number of carbonyl (C=O) groups is 1. The molecule has 0 atom stereocenters. The molecule has 0 aliphatic heterocycles. The van der Waals surface area contributed by atoms with Gasteiger partial charge < -0.3 is 10.6 Å². The Morgan fingerprint density at radius 2 is 2.10 bits per heavy atom. The third-order valence-electron chi connectivity index (χ3n) is 3.68. The highest BCUT2D eigenvalue weighted by molar-refractivity contribution is 5.97. The molecule has 2 aromatic rings. The van der Waals surface area contributed by atoms with Gasteiger partial charge >= 0.3 is 0 Å². The van der Waals surface area contributed by atoms with E-state index in [-0.39, 0.29) is 17.8 Å². The molecule has 1 saturated carbocycles. The minimum atomic E-state index is -0.279. The second-order valence-electron chi connectivity index (χ2n) is 5.36. The standard InChI is InChI=1S/C15H17FN4O/c1-19-14(13(17)8-18-19)15(21)20(12-6-7-12)9-10-2-4-11(16)5-3-10/h2-5,8,12H,6-7,9,17H2,1H3. The Labute approximate surface area is 122 Å². The average Bonchev–Trinajstić information content (AvgIpc) is 3.24. The molecule has 0 spiro atoms. The normalized spacial score (nSPS) is 14.2. The van der Waals surface area contributed by atoms with E-state index in [0.29, 0.717) is 17.9 Å². The fourth-order valence-corrected chi connectivity index (χ4v) is 2.39. The molecule has 1 aliphatic carbocycles. The Kier molecular flexibility index (Phi) is 3.37. The predicted molar refractivity (Wildman–Crippen MR) is 76.9 cm³/mol. The topological polar surface area (TPSA) is 64.2 Å². The number of hydrogen-bond donors (Lipinski definition) is 1. The highest BCUT2D eigenvalue weighted by Crippen LogP contribution is 2.30. The van der Waals surface area contributed by atoms with Crippen LogP contribution in [-0.4, -0.2) is 26.6 Å². The van der Waals surface area contributed by atoms with Gasteiger partial charge in [0.1, 0.15) is 11.5 Å². The second kappa shape index (κ2) is 5.20. The van der Waals surface area contributed by atoms with Crippen LogP contribution in [0, 0.1) is 5.82 Å². The van der Waals surface area contributed by atoms with Gasteiger partial charge in [-0.2, -0.15) is 5.10 Å². The molecule has 1 amide bonds. The lowest BCUT2D eigenvalue weighted by molar-refractivity contribution is 0.0720. The molecular weight excluding hydrogens is 271 g/mol. The van der Waals surface area contributed by atoms with Crippen LogP contribution < -0.4 is 5.73 Å². The molecule has 1 aromatic carbocycles. The summed E-state index contributed by atoms with van der Waals surface area (Å²) in [6.07, 6.45) is 3.46. The third-order valence-corrected chi connectivity index (χ3v) is 3.68. The molecule has 0 saturated heterocycles. The first kappa shape index (κ1) is 13.6. The first-order valence-corrected chi connectivity index (χ1v) is 6.89. The van der Waals surface area contributed by atoms with Crippen molar-refractivity contribution in [1.82, 2.24) is 14.7 Å². The molecule has 1 aromatic heterocycles. The number of halogens is 1. The second-order valence-corrected chi connectivity index (χ2v) is 5.36. The van der Waals surface area contributed by atoms with E-state index in [0.717, 1.165) is 18.4 Å². The van der Waals surface area contributed by atoms with E-state index >= 15 is 0 Å². The summed E-state index contributed by atoms with van der Waals surface area (Å²) in [5.74, 6) is -0.404. The van der Waals surface area contributed by atoms with Crippen LogP contribution in [-0.2, 0) is 13.6 Å². The van der Waals surface area contributed by atoms with Gasteiger partial charge in [0.15, 0.2) is 0 Å². The van der Waals surface area contributed by atoms with Crippen LogP contribution >= 0.6 is 0 Å². The summed E-state index contributed by atoms with van der Waals surface area (Å²) in [6.45, 7) is 0.453. The number of aromatic nitrogens is 2. The fourth-order valence-electron chi connectivity index (χ4n) is 2.39. The van der Waals surface area contributed by atoms with Crippen LogP contribution in [0.15, 0.2) is 30.5 Å². The van der Waals surface area contributed by atoms with Gasteiger partial charge in [0.05, 0.1) is 11.9 Å². The first-order valence-electron chi connectivity index (χ1n) is 6.89. The third kappa shape index (κ3) is 2.74. The van der Waals surface area contributed by atoms with Crippen LogP contribution in [0.4, 0.5) is 10.1 Å². The van der Waals surface area contributed by atoms with Gasteiger partial charge in [-0.3, -0.25) is 9.48 Å². The number of benzene rings is 1. The molecule has 110 valence electrons. The van der Waals surface area contributed by atoms with E-state index in [4.69, 9.17) is 5.73 Å². The summed E-state index contributed by atoms with van der Waals surface area (Å²) < 4.78 is 14.5. The quantitative estimate of drug-likeness (QED) is 0.935. The number of nitrogens with zero attached hydrogens (tertiary/aromatic N) is 3. The maximum absolute atomic E-state index is 13.0. The van der Waals surface area contributed by atoms with Gasteiger partial charge in [-0.1, -0.05) is 12.1 Å². The van der Waals surface area contributed by atoms with Gasteiger partial charge in [-0.25, -0.2) is 4.39 Å². The average molecular weight is 288 g/mol. The van der Waals surface area contributed by atoms with Crippen LogP contribution in [0.25, 0.3) is 0 Å². The van der Waals surface area contributed by atoms with Gasteiger partial charge in [0.25, 0.3) is 5.91 Å². The van der Waals surface area contributed by atoms with Crippen molar-refractivity contribution < 1.29 is 9.18 Å². The summed E-state index contributed by atoms with van der Waals surface area (Å²) in [6, 6.07) is 6.44. The fraction of sp³-hybridized carbons (Fsp3) is 0.333. The Bertz CT molecular complexity index is 641. The molecule has 2 N–H and O–H groups in total. The van der Waals surface area contributed by atoms with E-state index < -0.39 is 0 Å². The van der Waals surface area contributed by atoms with Crippen molar-refractivity contribution in [2.24, 2.45) is 7.05 Å². The van der Waals surface area contributed by atoms with E-state index in [2.05, 4.69) is 5.10 Å². The number of nitrogens with two attached hydrogens (primary N) is 1. The molecule has 1 heterocycles. The van der Waals surface area contributed by atoms with E-state index in [9.17, 15) is 9.18 Å². The molecule has 0 bridgehead atoms. The maximum atomic E-state index is 13.0. The molecule has 1 fully saturated rings. The number of anilines is 1. The highest BCUT2D eigenvalue weighted by atomic mass is 19.1. The largest absolute Gasteiger partial charge is 0.396 e. The molecular formula is C15H17FN4O. The molecule has 6 heteroatoms. The van der Waals surface area contributed by atoms with E-state index in [1.807, 2.05) is 0 Å². The number of amides is 1. The van der Waals surface area contributed by atoms with Gasteiger partial charge in [-0.05, 0) is 30.5 Å². The Morgan fingerprint density at radius 3 is 2.62 bits per heavy atom. The SMILES string of the molecule is Cn1ncc(N)c1C(=O)N(Cc1ccc(F)cc1)C1CC1. The van der Waals surface area contributed by atoms with Crippen LogP contribution in [0.2, 0.25) is 0 Å². The maximum Gasteiger partial charge on any atom is 0.274 e. The van der Waals surface area contributed by atoms with Crippen molar-refractivity contribution in [3.8, 4) is 0 Å². The molecule has 0 radical (unpaired) electrons. The Morgan fingerprint density at radius 1 is 1.43 bits per heavy atom. The summed E-state index contributed by atoms with van der Waals surface area (Å²) >= 11 is 0. The molecule has 3 rings (SSSR count). The minimum Gasteiger partial charge on any atom is -0.396 e. The molecule has 0 unspecified atom stereocenters. The van der Waals surface area contributed by atoms with E-state index in [1.165, 1.54) is 23.0 Å². The Hall–Kier alpha value is -2.37. The number of carbonyl (C=O) groups excluding carboxylic acids is 1. The van der Waals surface area contributed by atoms with Gasteiger partial charge in [-0.15, -0.1) is 0 Å². The first-order chi connectivity index (χ1) is 10.1. The van der Waals surface area contributed by atoms with Crippen LogP contribution in [0.1, 0.15) is 28.9 Å². The summed E-state index contributed by atoms with van der Waals surface area (Å²) in [5.41, 5.74) is 7.52. The smallest absolute Gasteiger partial charge is 0.274 e. The van der Waals surface area contributed by atoms with Crippen molar-refractivity contribution in [3.05, 3.63) is 47.5 Å². The minimum absolute atomic E-state index is 0.126. The zero-order chi connectivity index (χ0) is 15.0. The monoisotopic (exact) mass is 288 g/mol. The lowest BCUT2D eigenvalue weighted by atomic mass is 10.2. The van der Waals surface area contributed by atoms with Gasteiger partial charge in [0, 0.05) is 19.6 Å². The summed E-state index contributed by atoms with van der Waals surface area (Å²) in [4.78, 5) is 14.5. The molecule has 1 aliphatic rings. The van der Waals surface area contributed by atoms with Crippen LogP contribution in [0.3, 0.4) is 0 Å². The highest BCUT2D eigenvalue weighted by Gasteiger charge is 2.34. The number of aryl methyl sites for hydroxylation is 1. The lowest BCUT2D eigenvalue weighted by Gasteiger charge is -2.23. The van der Waals surface area contributed by atoms with Crippen molar-refractivity contribution in [1.29, 1.82) is 0 Å². The van der Waals surface area contributed by atoms with E-state index in [1.54, 1.807) is 24.1 Å². The number of rotatable bonds is 4.